The highest BCUT2D eigenvalue weighted by molar-refractivity contribution is 14.1. The highest BCUT2D eigenvalue weighted by Crippen LogP contribution is 2.26. The van der Waals surface area contributed by atoms with Crippen LogP contribution in [0.1, 0.15) is 5.56 Å². The van der Waals surface area contributed by atoms with Gasteiger partial charge in [-0.25, -0.2) is 0 Å². The Kier molecular flexibility index (Phi) is 2.17. The molecular formula is C5H4ClIS. The van der Waals surface area contributed by atoms with E-state index in [4.69, 9.17) is 11.6 Å². The van der Waals surface area contributed by atoms with Gasteiger partial charge in [-0.3, -0.25) is 0 Å². The van der Waals surface area contributed by atoms with Crippen LogP contribution >= 0.6 is 45.5 Å². The van der Waals surface area contributed by atoms with Gasteiger partial charge in [-0.1, -0.05) is 11.6 Å². The molecule has 0 nitrogen and oxygen atoms in total. The third-order valence-corrected chi connectivity index (χ3v) is 3.88. The fourth-order valence-corrected chi connectivity index (χ4v) is 2.16. The number of hydrogen-bond acceptors (Lipinski definition) is 1. The van der Waals surface area contributed by atoms with Crippen LogP contribution in [0.5, 0.6) is 0 Å². The molecule has 3 heteroatoms. The van der Waals surface area contributed by atoms with Crippen molar-refractivity contribution in [2.75, 3.05) is 0 Å². The first-order chi connectivity index (χ1) is 3.72. The summed E-state index contributed by atoms with van der Waals surface area (Å²) in [5.41, 5.74) is 1.21. The van der Waals surface area contributed by atoms with Gasteiger partial charge in [0.15, 0.2) is 0 Å². The Bertz CT molecular complexity index is 175. The third kappa shape index (κ3) is 1.17. The van der Waals surface area contributed by atoms with Crippen LogP contribution in [-0.4, -0.2) is 0 Å². The average Bonchev–Trinajstić information content (AvgIpc) is 1.98. The fraction of sp³-hybridized carbons (Fsp3) is 0.200. The van der Waals surface area contributed by atoms with Gasteiger partial charge in [0.25, 0.3) is 0 Å². The van der Waals surface area contributed by atoms with E-state index in [1.165, 1.54) is 8.45 Å². The lowest BCUT2D eigenvalue weighted by atomic mass is 10.4. The summed E-state index contributed by atoms with van der Waals surface area (Å²) in [6, 6.07) is 0. The molecule has 0 aliphatic carbocycles. The van der Waals surface area contributed by atoms with Crippen molar-refractivity contribution in [1.82, 2.24) is 0 Å². The summed E-state index contributed by atoms with van der Waals surface area (Å²) in [4.78, 5) is 0. The lowest BCUT2D eigenvalue weighted by Gasteiger charge is -1.82. The maximum Gasteiger partial charge on any atom is 0.0697 e. The summed E-state index contributed by atoms with van der Waals surface area (Å²) < 4.78 is 1.28. The molecule has 0 atom stereocenters. The molecule has 0 N–H and O–H groups in total. The molecule has 0 radical (unpaired) electrons. The molecule has 0 amide bonds. The van der Waals surface area contributed by atoms with Gasteiger partial charge in [0.1, 0.15) is 0 Å². The minimum atomic E-state index is 0.888. The minimum Gasteiger partial charge on any atom is -0.136 e. The van der Waals surface area contributed by atoms with E-state index < -0.39 is 0 Å². The smallest absolute Gasteiger partial charge is 0.0697 e. The second kappa shape index (κ2) is 2.54. The number of halogens is 2. The molecule has 0 aromatic carbocycles. The van der Waals surface area contributed by atoms with Gasteiger partial charge in [-0.15, -0.1) is 11.3 Å². The third-order valence-electron chi connectivity index (χ3n) is 0.919. The van der Waals surface area contributed by atoms with Gasteiger partial charge in [-0.2, -0.15) is 0 Å². The van der Waals surface area contributed by atoms with Crippen molar-refractivity contribution in [3.05, 3.63) is 18.9 Å². The molecule has 0 spiro atoms. The van der Waals surface area contributed by atoms with E-state index in [2.05, 4.69) is 22.6 Å². The molecule has 0 unspecified atom stereocenters. The predicted octanol–water partition coefficient (Wildman–Crippen LogP) is 3.31. The van der Waals surface area contributed by atoms with Gasteiger partial charge < -0.3 is 0 Å². The molecule has 1 aromatic rings. The van der Waals surface area contributed by atoms with Gasteiger partial charge >= 0.3 is 0 Å². The molecule has 0 saturated carbocycles. The van der Waals surface area contributed by atoms with E-state index in [0.717, 1.165) is 5.02 Å². The summed E-state index contributed by atoms with van der Waals surface area (Å²) in [5, 5.41) is 2.85. The second-order valence-corrected chi connectivity index (χ2v) is 4.58. The van der Waals surface area contributed by atoms with Gasteiger partial charge in [0, 0.05) is 5.38 Å². The Morgan fingerprint density at radius 1 is 1.75 bits per heavy atom. The van der Waals surface area contributed by atoms with Crippen LogP contribution in [-0.2, 0) is 0 Å². The maximum absolute atomic E-state index is 5.74. The number of thiophene rings is 1. The zero-order chi connectivity index (χ0) is 6.15. The normalized spacial score (nSPS) is 9.88. The molecular weight excluding hydrogens is 254 g/mol. The van der Waals surface area contributed by atoms with Crippen LogP contribution < -0.4 is 0 Å². The molecule has 0 aliphatic heterocycles. The molecule has 1 heterocycles. The zero-order valence-corrected chi connectivity index (χ0v) is 7.97. The molecule has 0 saturated heterocycles. The Morgan fingerprint density at radius 3 is 2.50 bits per heavy atom. The van der Waals surface area contributed by atoms with Crippen molar-refractivity contribution in [2.45, 2.75) is 6.92 Å². The summed E-state index contributed by atoms with van der Waals surface area (Å²) in [7, 11) is 0. The second-order valence-electron chi connectivity index (χ2n) is 1.48. The zero-order valence-electron chi connectivity index (χ0n) is 4.24. The van der Waals surface area contributed by atoms with Crippen molar-refractivity contribution in [2.24, 2.45) is 0 Å². The molecule has 0 fully saturated rings. The van der Waals surface area contributed by atoms with Gasteiger partial charge in [0.2, 0.25) is 0 Å². The van der Waals surface area contributed by atoms with E-state index in [-0.39, 0.29) is 0 Å². The summed E-state index contributed by atoms with van der Waals surface area (Å²) in [6.07, 6.45) is 0. The molecule has 0 bridgehead atoms. The van der Waals surface area contributed by atoms with E-state index in [0.29, 0.717) is 0 Å². The standard InChI is InChI=1S/C5H4ClIS/c1-3-4(6)2-8-5(3)7/h2H,1H3. The highest BCUT2D eigenvalue weighted by Gasteiger charge is 1.99. The molecule has 1 rings (SSSR count). The van der Waals surface area contributed by atoms with Crippen LogP contribution in [0.4, 0.5) is 0 Å². The molecule has 1 aromatic heterocycles. The van der Waals surface area contributed by atoms with E-state index >= 15 is 0 Å². The highest BCUT2D eigenvalue weighted by atomic mass is 127. The van der Waals surface area contributed by atoms with Gasteiger partial charge in [-0.05, 0) is 35.1 Å². The Labute approximate surface area is 71.0 Å². The molecule has 8 heavy (non-hydrogen) atoms. The summed E-state index contributed by atoms with van der Waals surface area (Å²) in [6.45, 7) is 2.03. The first-order valence-corrected chi connectivity index (χ1v) is 4.44. The van der Waals surface area contributed by atoms with Crippen molar-refractivity contribution in [3.63, 3.8) is 0 Å². The lowest BCUT2D eigenvalue weighted by molar-refractivity contribution is 1.53. The largest absolute Gasteiger partial charge is 0.136 e. The average molecular weight is 259 g/mol. The SMILES string of the molecule is Cc1c(Cl)csc1I. The molecule has 44 valence electrons. The monoisotopic (exact) mass is 258 g/mol. The van der Waals surface area contributed by atoms with Crippen LogP contribution in [0.3, 0.4) is 0 Å². The fourth-order valence-electron chi connectivity index (χ4n) is 0.374. The first-order valence-electron chi connectivity index (χ1n) is 2.11. The lowest BCUT2D eigenvalue weighted by Crippen LogP contribution is -1.64. The van der Waals surface area contributed by atoms with Crippen LogP contribution in [0, 0.1) is 9.81 Å². The Balaban J connectivity index is 3.19. The van der Waals surface area contributed by atoms with E-state index in [9.17, 15) is 0 Å². The Morgan fingerprint density at radius 2 is 2.38 bits per heavy atom. The minimum absolute atomic E-state index is 0.888. The summed E-state index contributed by atoms with van der Waals surface area (Å²) >= 11 is 9.70. The quantitative estimate of drug-likeness (QED) is 0.626. The molecule has 0 aliphatic rings. The van der Waals surface area contributed by atoms with Crippen LogP contribution in [0.2, 0.25) is 5.02 Å². The van der Waals surface area contributed by atoms with E-state index in [1.54, 1.807) is 11.3 Å². The first kappa shape index (κ1) is 6.83. The van der Waals surface area contributed by atoms with Gasteiger partial charge in [0.05, 0.1) is 7.91 Å². The van der Waals surface area contributed by atoms with Crippen LogP contribution in [0.15, 0.2) is 5.38 Å². The van der Waals surface area contributed by atoms with Crippen molar-refractivity contribution in [3.8, 4) is 0 Å². The topological polar surface area (TPSA) is 0 Å². The number of rotatable bonds is 0. The van der Waals surface area contributed by atoms with Crippen molar-refractivity contribution in [1.29, 1.82) is 0 Å². The predicted molar refractivity (Wildman–Crippen MR) is 46.8 cm³/mol. The maximum atomic E-state index is 5.74. The number of hydrogen-bond donors (Lipinski definition) is 0. The van der Waals surface area contributed by atoms with E-state index in [1.807, 2.05) is 12.3 Å². The van der Waals surface area contributed by atoms with Crippen molar-refractivity contribution >= 4 is 45.5 Å². The van der Waals surface area contributed by atoms with Crippen molar-refractivity contribution < 1.29 is 0 Å². The Hall–Kier alpha value is 0.720. The summed E-state index contributed by atoms with van der Waals surface area (Å²) in [5.74, 6) is 0. The van der Waals surface area contributed by atoms with Crippen LogP contribution in [0.25, 0.3) is 0 Å².